The molecule has 2 rings (SSSR count). The molecule has 1 fully saturated rings. The van der Waals surface area contributed by atoms with Gasteiger partial charge in [-0.2, -0.15) is 0 Å². The zero-order chi connectivity index (χ0) is 14.0. The van der Waals surface area contributed by atoms with Crippen LogP contribution in [0, 0.1) is 5.82 Å². The van der Waals surface area contributed by atoms with Crippen molar-refractivity contribution >= 4 is 34.8 Å². The Labute approximate surface area is 120 Å². The molecule has 1 aromatic carbocycles. The Bertz CT molecular complexity index is 476. The topological polar surface area (TPSA) is 50.4 Å². The summed E-state index contributed by atoms with van der Waals surface area (Å²) >= 11 is 11.3. The maximum atomic E-state index is 13.2. The average Bonchev–Trinajstić information content (AvgIpc) is 2.84. The Balaban J connectivity index is 2.03. The minimum Gasteiger partial charge on any atom is -0.380 e. The van der Waals surface area contributed by atoms with Gasteiger partial charge in [0, 0.05) is 19.3 Å². The predicted octanol–water partition coefficient (Wildman–Crippen LogP) is 2.45. The van der Waals surface area contributed by atoms with Crippen LogP contribution in [0.3, 0.4) is 0 Å². The normalized spacial score (nSPS) is 22.5. The van der Waals surface area contributed by atoms with E-state index in [9.17, 15) is 9.18 Å². The van der Waals surface area contributed by atoms with Crippen LogP contribution >= 0.6 is 23.2 Å². The van der Waals surface area contributed by atoms with Gasteiger partial charge in [-0.15, -0.1) is 0 Å². The van der Waals surface area contributed by atoms with E-state index in [4.69, 9.17) is 27.9 Å². The van der Waals surface area contributed by atoms with Crippen LogP contribution in [-0.2, 0) is 9.53 Å². The van der Waals surface area contributed by atoms with Crippen molar-refractivity contribution < 1.29 is 13.9 Å². The number of methoxy groups -OCH3 is 1. The Kier molecular flexibility index (Phi) is 4.62. The minimum absolute atomic E-state index is 0.0242. The molecule has 0 spiro atoms. The summed E-state index contributed by atoms with van der Waals surface area (Å²) in [5, 5.41) is 5.43. The van der Waals surface area contributed by atoms with Crippen molar-refractivity contribution in [3.05, 3.63) is 28.0 Å². The number of nitrogens with one attached hydrogen (secondary N) is 2. The lowest BCUT2D eigenvalue weighted by Crippen LogP contribution is -2.35. The highest BCUT2D eigenvalue weighted by molar-refractivity contribution is 6.35. The van der Waals surface area contributed by atoms with Crippen LogP contribution in [0.25, 0.3) is 0 Å². The first-order valence-corrected chi connectivity index (χ1v) is 6.48. The lowest BCUT2D eigenvalue weighted by molar-refractivity contribution is -0.118. The van der Waals surface area contributed by atoms with Gasteiger partial charge in [0.2, 0.25) is 5.91 Å². The highest BCUT2D eigenvalue weighted by atomic mass is 35.5. The third kappa shape index (κ3) is 3.36. The van der Waals surface area contributed by atoms with Gasteiger partial charge < -0.3 is 15.4 Å². The van der Waals surface area contributed by atoms with Crippen LogP contribution in [0.5, 0.6) is 0 Å². The first-order valence-electron chi connectivity index (χ1n) is 5.73. The molecule has 0 radical (unpaired) electrons. The van der Waals surface area contributed by atoms with Gasteiger partial charge in [0.15, 0.2) is 5.82 Å². The molecule has 2 N–H and O–H groups in total. The summed E-state index contributed by atoms with van der Waals surface area (Å²) in [6.07, 6.45) is 0.612. The van der Waals surface area contributed by atoms with Crippen molar-refractivity contribution in [3.63, 3.8) is 0 Å². The standard InChI is InChI=1S/C12H13Cl2FN2O2/c1-19-7-4-10(16-5-7)12(18)17-6-2-8(13)11(15)9(14)3-6/h2-3,7,10,16H,4-5H2,1H3,(H,17,18). The lowest BCUT2D eigenvalue weighted by Gasteiger charge is -2.12. The van der Waals surface area contributed by atoms with E-state index in [2.05, 4.69) is 10.6 Å². The Morgan fingerprint density at radius 3 is 2.63 bits per heavy atom. The molecule has 2 atom stereocenters. The number of hydrogen-bond donors (Lipinski definition) is 2. The third-order valence-electron chi connectivity index (χ3n) is 2.99. The van der Waals surface area contributed by atoms with Crippen molar-refractivity contribution in [2.45, 2.75) is 18.6 Å². The van der Waals surface area contributed by atoms with Crippen molar-refractivity contribution in [1.29, 1.82) is 0 Å². The summed E-state index contributed by atoms with van der Waals surface area (Å²) in [5.41, 5.74) is 0.365. The second-order valence-corrected chi connectivity index (χ2v) is 5.11. The zero-order valence-corrected chi connectivity index (χ0v) is 11.7. The van der Waals surface area contributed by atoms with Crippen LogP contribution in [0.15, 0.2) is 12.1 Å². The molecule has 1 aliphatic rings. The van der Waals surface area contributed by atoms with Gasteiger partial charge in [0.1, 0.15) is 0 Å². The van der Waals surface area contributed by atoms with Crippen molar-refractivity contribution in [1.82, 2.24) is 5.32 Å². The summed E-state index contributed by atoms with van der Waals surface area (Å²) in [4.78, 5) is 12.0. The summed E-state index contributed by atoms with van der Waals surface area (Å²) in [6, 6.07) is 2.31. The van der Waals surface area contributed by atoms with E-state index in [-0.39, 0.29) is 28.1 Å². The number of rotatable bonds is 3. The first-order chi connectivity index (χ1) is 9.01. The number of halogens is 3. The Morgan fingerprint density at radius 1 is 1.47 bits per heavy atom. The van der Waals surface area contributed by atoms with Crippen molar-refractivity contribution in [3.8, 4) is 0 Å². The molecule has 7 heteroatoms. The minimum atomic E-state index is -0.695. The number of hydrogen-bond acceptors (Lipinski definition) is 3. The van der Waals surface area contributed by atoms with Gasteiger partial charge in [-0.05, 0) is 18.6 Å². The molecule has 4 nitrogen and oxygen atoms in total. The van der Waals surface area contributed by atoms with Crippen molar-refractivity contribution in [2.75, 3.05) is 19.0 Å². The fourth-order valence-corrected chi connectivity index (χ4v) is 2.43. The second kappa shape index (κ2) is 6.05. The molecule has 0 bridgehead atoms. The number of carbonyl (C=O) groups is 1. The second-order valence-electron chi connectivity index (χ2n) is 4.30. The largest absolute Gasteiger partial charge is 0.380 e. The number of anilines is 1. The molecule has 1 saturated heterocycles. The molecule has 1 aliphatic heterocycles. The quantitative estimate of drug-likeness (QED) is 0.843. The summed E-state index contributed by atoms with van der Waals surface area (Å²) < 4.78 is 18.4. The van der Waals surface area contributed by atoms with Gasteiger partial charge in [-0.3, -0.25) is 4.79 Å². The van der Waals surface area contributed by atoms with Gasteiger partial charge in [0.05, 0.1) is 22.2 Å². The van der Waals surface area contributed by atoms with Gasteiger partial charge in [0.25, 0.3) is 0 Å². The molecule has 19 heavy (non-hydrogen) atoms. The molecule has 0 saturated carbocycles. The van der Waals surface area contributed by atoms with E-state index in [0.29, 0.717) is 18.7 Å². The zero-order valence-electron chi connectivity index (χ0n) is 10.2. The maximum absolute atomic E-state index is 13.2. The van der Waals surface area contributed by atoms with Gasteiger partial charge in [-0.25, -0.2) is 4.39 Å². The van der Waals surface area contributed by atoms with Crippen LogP contribution in [0.4, 0.5) is 10.1 Å². The van der Waals surface area contributed by atoms with Crippen molar-refractivity contribution in [2.24, 2.45) is 0 Å². The third-order valence-corrected chi connectivity index (χ3v) is 3.54. The Hall–Kier alpha value is -0.880. The number of amides is 1. The van der Waals surface area contributed by atoms with Crippen LogP contribution in [0.1, 0.15) is 6.42 Å². The number of ether oxygens (including phenoxy) is 1. The molecule has 1 amide bonds. The summed E-state index contributed by atoms with van der Waals surface area (Å²) in [7, 11) is 1.60. The highest BCUT2D eigenvalue weighted by Gasteiger charge is 2.29. The average molecular weight is 307 g/mol. The van der Waals surface area contributed by atoms with Crippen LogP contribution < -0.4 is 10.6 Å². The monoisotopic (exact) mass is 306 g/mol. The summed E-state index contributed by atoms with van der Waals surface area (Å²) in [5.74, 6) is -0.918. The molecule has 1 aromatic rings. The molecule has 0 aliphatic carbocycles. The first kappa shape index (κ1) is 14.5. The lowest BCUT2D eigenvalue weighted by atomic mass is 10.2. The molecular formula is C12H13Cl2FN2O2. The molecular weight excluding hydrogens is 294 g/mol. The molecule has 2 unspecified atom stereocenters. The number of carbonyl (C=O) groups excluding carboxylic acids is 1. The predicted molar refractivity (Wildman–Crippen MR) is 72.3 cm³/mol. The van der Waals surface area contributed by atoms with E-state index in [0.717, 1.165) is 0 Å². The van der Waals surface area contributed by atoms with E-state index in [1.807, 2.05) is 0 Å². The van der Waals surface area contributed by atoms with E-state index in [1.54, 1.807) is 7.11 Å². The smallest absolute Gasteiger partial charge is 0.241 e. The highest BCUT2D eigenvalue weighted by Crippen LogP contribution is 2.27. The van der Waals surface area contributed by atoms with E-state index in [1.165, 1.54) is 12.1 Å². The molecule has 1 heterocycles. The van der Waals surface area contributed by atoms with Gasteiger partial charge >= 0.3 is 0 Å². The Morgan fingerprint density at radius 2 is 2.11 bits per heavy atom. The van der Waals surface area contributed by atoms with Gasteiger partial charge in [-0.1, -0.05) is 23.2 Å². The summed E-state index contributed by atoms with van der Waals surface area (Å²) in [6.45, 7) is 0.625. The fourth-order valence-electron chi connectivity index (χ4n) is 1.94. The van der Waals surface area contributed by atoms with E-state index >= 15 is 0 Å². The maximum Gasteiger partial charge on any atom is 0.241 e. The SMILES string of the molecule is COC1CNC(C(=O)Nc2cc(Cl)c(F)c(Cl)c2)C1. The molecule has 0 aromatic heterocycles. The van der Waals surface area contributed by atoms with Crippen LogP contribution in [0.2, 0.25) is 10.0 Å². The molecule has 104 valence electrons. The number of benzene rings is 1. The fraction of sp³-hybridized carbons (Fsp3) is 0.417. The van der Waals surface area contributed by atoms with E-state index < -0.39 is 5.82 Å². The van der Waals surface area contributed by atoms with Crippen LogP contribution in [-0.4, -0.2) is 31.7 Å².